The maximum absolute atomic E-state index is 11.7. The predicted molar refractivity (Wildman–Crippen MR) is 84.0 cm³/mol. The number of nitrogens with one attached hydrogen (secondary N) is 1. The number of primary amides is 1. The number of nitrogens with two attached hydrogens (primary N) is 1. The first-order chi connectivity index (χ1) is 9.31. The molecule has 0 aliphatic heterocycles. The van der Waals surface area contributed by atoms with Crippen LogP contribution >= 0.6 is 23.4 Å². The molecule has 110 valence electrons. The second kappa shape index (κ2) is 7.55. The zero-order valence-electron chi connectivity index (χ0n) is 11.6. The van der Waals surface area contributed by atoms with E-state index in [2.05, 4.69) is 5.32 Å². The first-order valence-electron chi connectivity index (χ1n) is 6.20. The summed E-state index contributed by atoms with van der Waals surface area (Å²) in [5, 5.41) is 3.54. The number of hydrogen-bond donors (Lipinski definition) is 2. The number of amides is 2. The van der Waals surface area contributed by atoms with E-state index < -0.39 is 5.91 Å². The Morgan fingerprint density at radius 3 is 2.65 bits per heavy atom. The largest absolute Gasteiger partial charge is 0.369 e. The highest BCUT2D eigenvalue weighted by atomic mass is 35.5. The van der Waals surface area contributed by atoms with Crippen molar-refractivity contribution in [3.8, 4) is 0 Å². The van der Waals surface area contributed by atoms with Crippen LogP contribution in [-0.4, -0.2) is 29.9 Å². The molecule has 0 heterocycles. The molecule has 20 heavy (non-hydrogen) atoms. The van der Waals surface area contributed by atoms with E-state index in [4.69, 9.17) is 17.3 Å². The Kier molecular flexibility index (Phi) is 6.36. The van der Waals surface area contributed by atoms with Crippen LogP contribution in [0.2, 0.25) is 5.02 Å². The minimum Gasteiger partial charge on any atom is -0.369 e. The van der Waals surface area contributed by atoms with Crippen LogP contribution in [0.15, 0.2) is 24.3 Å². The van der Waals surface area contributed by atoms with Gasteiger partial charge in [0.1, 0.15) is 0 Å². The van der Waals surface area contributed by atoms with Crippen molar-refractivity contribution in [3.63, 3.8) is 0 Å². The second-order valence-electron chi connectivity index (χ2n) is 5.13. The molecule has 0 saturated carbocycles. The number of hydrogen-bond acceptors (Lipinski definition) is 3. The predicted octanol–water partition coefficient (Wildman–Crippen LogP) is 1.95. The lowest BCUT2D eigenvalue weighted by molar-refractivity contribution is -0.118. The van der Waals surface area contributed by atoms with E-state index >= 15 is 0 Å². The zero-order valence-corrected chi connectivity index (χ0v) is 13.2. The van der Waals surface area contributed by atoms with Crippen molar-refractivity contribution in [1.82, 2.24) is 5.32 Å². The molecular formula is C14H19ClN2O2S. The van der Waals surface area contributed by atoms with Gasteiger partial charge in [0.15, 0.2) is 0 Å². The Morgan fingerprint density at radius 2 is 2.05 bits per heavy atom. The van der Waals surface area contributed by atoms with E-state index in [1.54, 1.807) is 0 Å². The Balaban J connectivity index is 2.47. The maximum Gasteiger partial charge on any atom is 0.230 e. The Bertz CT molecular complexity index is 492. The van der Waals surface area contributed by atoms with Gasteiger partial charge in [0.05, 0.1) is 11.5 Å². The summed E-state index contributed by atoms with van der Waals surface area (Å²) >= 11 is 7.19. The van der Waals surface area contributed by atoms with Gasteiger partial charge in [-0.25, -0.2) is 0 Å². The SMILES string of the molecule is CC(C)(CNC(=O)CSCC(N)=O)c1cccc(Cl)c1. The fourth-order valence-electron chi connectivity index (χ4n) is 1.63. The molecule has 0 radical (unpaired) electrons. The number of carbonyl (C=O) groups is 2. The molecule has 6 heteroatoms. The summed E-state index contributed by atoms with van der Waals surface area (Å²) in [6.45, 7) is 4.58. The Hall–Kier alpha value is -1.20. The van der Waals surface area contributed by atoms with Crippen molar-refractivity contribution in [2.24, 2.45) is 5.73 Å². The van der Waals surface area contributed by atoms with E-state index in [9.17, 15) is 9.59 Å². The van der Waals surface area contributed by atoms with Crippen LogP contribution in [0.3, 0.4) is 0 Å². The summed E-state index contributed by atoms with van der Waals surface area (Å²) in [5.41, 5.74) is 5.86. The quantitative estimate of drug-likeness (QED) is 0.808. The van der Waals surface area contributed by atoms with Gasteiger partial charge in [-0.1, -0.05) is 37.6 Å². The van der Waals surface area contributed by atoms with Crippen molar-refractivity contribution in [2.75, 3.05) is 18.1 Å². The summed E-state index contributed by atoms with van der Waals surface area (Å²) < 4.78 is 0. The van der Waals surface area contributed by atoms with E-state index in [0.717, 1.165) is 5.56 Å². The minimum atomic E-state index is -0.415. The van der Waals surface area contributed by atoms with Crippen LogP contribution in [0, 0.1) is 0 Å². The van der Waals surface area contributed by atoms with Crippen molar-refractivity contribution in [3.05, 3.63) is 34.9 Å². The third kappa shape index (κ3) is 5.84. The van der Waals surface area contributed by atoms with E-state index in [0.29, 0.717) is 11.6 Å². The summed E-state index contributed by atoms with van der Waals surface area (Å²) in [4.78, 5) is 22.2. The molecule has 2 amide bonds. The molecule has 1 rings (SSSR count). The van der Waals surface area contributed by atoms with Crippen molar-refractivity contribution in [1.29, 1.82) is 0 Å². The molecule has 0 bridgehead atoms. The van der Waals surface area contributed by atoms with E-state index in [-0.39, 0.29) is 22.8 Å². The van der Waals surface area contributed by atoms with Crippen LogP contribution < -0.4 is 11.1 Å². The second-order valence-corrected chi connectivity index (χ2v) is 6.55. The van der Waals surface area contributed by atoms with Gasteiger partial charge in [-0.15, -0.1) is 11.8 Å². The topological polar surface area (TPSA) is 72.2 Å². The van der Waals surface area contributed by atoms with Crippen molar-refractivity contribution in [2.45, 2.75) is 19.3 Å². The number of carbonyl (C=O) groups excluding carboxylic acids is 2. The van der Waals surface area contributed by atoms with Gasteiger partial charge < -0.3 is 11.1 Å². The standard InChI is InChI=1S/C14H19ClN2O2S/c1-14(2,10-4-3-5-11(15)6-10)9-17-13(19)8-20-7-12(16)18/h3-6H,7-9H2,1-2H3,(H2,16,18)(H,17,19). The lowest BCUT2D eigenvalue weighted by atomic mass is 9.84. The Morgan fingerprint density at radius 1 is 1.35 bits per heavy atom. The number of halogens is 1. The fraction of sp³-hybridized carbons (Fsp3) is 0.429. The average molecular weight is 315 g/mol. The molecule has 0 unspecified atom stereocenters. The number of benzene rings is 1. The molecule has 4 nitrogen and oxygen atoms in total. The maximum atomic E-state index is 11.7. The fourth-order valence-corrected chi connectivity index (χ4v) is 2.41. The smallest absolute Gasteiger partial charge is 0.230 e. The molecule has 0 atom stereocenters. The Labute approximate surface area is 128 Å². The highest BCUT2D eigenvalue weighted by molar-refractivity contribution is 8.00. The molecule has 0 fully saturated rings. The first kappa shape index (κ1) is 16.9. The monoisotopic (exact) mass is 314 g/mol. The highest BCUT2D eigenvalue weighted by Crippen LogP contribution is 2.24. The van der Waals surface area contributed by atoms with E-state index in [1.165, 1.54) is 11.8 Å². The highest BCUT2D eigenvalue weighted by Gasteiger charge is 2.21. The van der Waals surface area contributed by atoms with Crippen LogP contribution in [0.1, 0.15) is 19.4 Å². The molecule has 0 aliphatic carbocycles. The molecule has 1 aromatic rings. The summed E-state index contributed by atoms with van der Waals surface area (Å²) in [6.07, 6.45) is 0. The lowest BCUT2D eigenvalue weighted by Gasteiger charge is -2.25. The van der Waals surface area contributed by atoms with Crippen LogP contribution in [0.25, 0.3) is 0 Å². The summed E-state index contributed by atoms with van der Waals surface area (Å²) in [7, 11) is 0. The third-order valence-electron chi connectivity index (χ3n) is 2.81. The van der Waals surface area contributed by atoms with Crippen LogP contribution in [0.4, 0.5) is 0 Å². The molecule has 0 aromatic heterocycles. The molecule has 0 aliphatic rings. The van der Waals surface area contributed by atoms with Gasteiger partial charge in [-0.05, 0) is 17.7 Å². The van der Waals surface area contributed by atoms with Gasteiger partial charge in [0.25, 0.3) is 0 Å². The van der Waals surface area contributed by atoms with Crippen LogP contribution in [-0.2, 0) is 15.0 Å². The normalized spacial score (nSPS) is 11.2. The molecular weight excluding hydrogens is 296 g/mol. The van der Waals surface area contributed by atoms with Gasteiger partial charge in [0.2, 0.25) is 11.8 Å². The lowest BCUT2D eigenvalue weighted by Crippen LogP contribution is -2.37. The summed E-state index contributed by atoms with van der Waals surface area (Å²) in [5.74, 6) is -0.131. The third-order valence-corrected chi connectivity index (χ3v) is 4.00. The molecule has 0 saturated heterocycles. The first-order valence-corrected chi connectivity index (χ1v) is 7.73. The molecule has 1 aromatic carbocycles. The average Bonchev–Trinajstić information content (AvgIpc) is 2.36. The van der Waals surface area contributed by atoms with Gasteiger partial charge in [-0.2, -0.15) is 0 Å². The van der Waals surface area contributed by atoms with Crippen molar-refractivity contribution < 1.29 is 9.59 Å². The molecule has 3 N–H and O–H groups in total. The minimum absolute atomic E-state index is 0.105. The van der Waals surface area contributed by atoms with Crippen LogP contribution in [0.5, 0.6) is 0 Å². The van der Waals surface area contributed by atoms with Gasteiger partial charge in [0, 0.05) is 17.0 Å². The zero-order chi connectivity index (χ0) is 15.2. The van der Waals surface area contributed by atoms with Gasteiger partial charge in [-0.3, -0.25) is 9.59 Å². The number of thioether (sulfide) groups is 1. The number of rotatable bonds is 7. The van der Waals surface area contributed by atoms with Gasteiger partial charge >= 0.3 is 0 Å². The van der Waals surface area contributed by atoms with E-state index in [1.807, 2.05) is 38.1 Å². The van der Waals surface area contributed by atoms with Crippen molar-refractivity contribution >= 4 is 35.2 Å². The summed E-state index contributed by atoms with van der Waals surface area (Å²) in [6, 6.07) is 7.60. The molecule has 0 spiro atoms.